The van der Waals surface area contributed by atoms with Gasteiger partial charge in [0.25, 0.3) is 0 Å². The molecule has 196 valence electrons. The number of unbranched alkanes of at least 4 members (excludes halogenated alkanes) is 5. The van der Waals surface area contributed by atoms with Crippen LogP contribution in [-0.2, 0) is 20.8 Å². The van der Waals surface area contributed by atoms with Crippen LogP contribution in [-0.4, -0.2) is 46.4 Å². The first kappa shape index (κ1) is 28.9. The molecule has 0 radical (unpaired) electrons. The van der Waals surface area contributed by atoms with Gasteiger partial charge in [0.2, 0.25) is 11.8 Å². The van der Waals surface area contributed by atoms with Gasteiger partial charge < -0.3 is 15.3 Å². The Morgan fingerprint density at radius 3 is 2.31 bits per heavy atom. The summed E-state index contributed by atoms with van der Waals surface area (Å²) in [5, 5.41) is 12.1. The summed E-state index contributed by atoms with van der Waals surface area (Å²) in [6.07, 6.45) is 13.7. The topological polar surface area (TPSA) is 86.7 Å². The minimum atomic E-state index is -0.799. The molecule has 0 saturated heterocycles. The minimum absolute atomic E-state index is 0.000636. The fourth-order valence-corrected chi connectivity index (χ4v) is 4.96. The van der Waals surface area contributed by atoms with Crippen molar-refractivity contribution >= 4 is 17.8 Å². The third-order valence-electron chi connectivity index (χ3n) is 7.05. The van der Waals surface area contributed by atoms with Crippen LogP contribution >= 0.6 is 0 Å². The predicted molar refractivity (Wildman–Crippen MR) is 140 cm³/mol. The molecular weight excluding hydrogens is 440 g/mol. The molecule has 2 rings (SSSR count). The van der Waals surface area contributed by atoms with Crippen molar-refractivity contribution < 1.29 is 19.5 Å². The van der Waals surface area contributed by atoms with Gasteiger partial charge >= 0.3 is 5.97 Å². The number of carboxylic acids is 1. The zero-order valence-corrected chi connectivity index (χ0v) is 21.7. The Hall–Kier alpha value is -2.37. The van der Waals surface area contributed by atoms with Gasteiger partial charge in [0.15, 0.2) is 0 Å². The molecule has 1 aliphatic carbocycles. The van der Waals surface area contributed by atoms with Gasteiger partial charge in [-0.15, -0.1) is 0 Å². The van der Waals surface area contributed by atoms with Gasteiger partial charge in [-0.2, -0.15) is 0 Å². The molecule has 1 atom stereocenters. The first-order chi connectivity index (χ1) is 17.0. The highest BCUT2D eigenvalue weighted by Crippen LogP contribution is 2.20. The van der Waals surface area contributed by atoms with E-state index in [0.29, 0.717) is 45.1 Å². The van der Waals surface area contributed by atoms with Crippen LogP contribution in [0.25, 0.3) is 0 Å². The van der Waals surface area contributed by atoms with E-state index in [0.717, 1.165) is 56.9 Å². The summed E-state index contributed by atoms with van der Waals surface area (Å²) in [5.74, 6) is -0.788. The molecule has 35 heavy (non-hydrogen) atoms. The Kier molecular flexibility index (Phi) is 14.1. The molecule has 1 saturated carbocycles. The third-order valence-corrected chi connectivity index (χ3v) is 7.05. The maximum Gasteiger partial charge on any atom is 0.303 e. The molecule has 1 fully saturated rings. The highest BCUT2D eigenvalue weighted by molar-refractivity contribution is 5.87. The number of nitrogens with one attached hydrogen (secondary N) is 1. The molecule has 1 aliphatic rings. The first-order valence-corrected chi connectivity index (χ1v) is 13.9. The van der Waals surface area contributed by atoms with Crippen LogP contribution in [0.1, 0.15) is 109 Å². The van der Waals surface area contributed by atoms with Gasteiger partial charge in [0, 0.05) is 25.4 Å². The lowest BCUT2D eigenvalue weighted by Crippen LogP contribution is -2.52. The maximum absolute atomic E-state index is 13.5. The highest BCUT2D eigenvalue weighted by Gasteiger charge is 2.30. The molecule has 2 amide bonds. The Balaban J connectivity index is 2.10. The van der Waals surface area contributed by atoms with Crippen molar-refractivity contribution in [2.24, 2.45) is 0 Å². The van der Waals surface area contributed by atoms with Crippen LogP contribution in [0.4, 0.5) is 0 Å². The number of carbonyl (C=O) groups excluding carboxylic acids is 2. The quantitative estimate of drug-likeness (QED) is 0.269. The average molecular weight is 487 g/mol. The zero-order valence-electron chi connectivity index (χ0n) is 21.7. The fourth-order valence-electron chi connectivity index (χ4n) is 4.96. The molecule has 2 N–H and O–H groups in total. The lowest BCUT2D eigenvalue weighted by Gasteiger charge is -2.33. The van der Waals surface area contributed by atoms with Crippen LogP contribution in [0.5, 0.6) is 0 Å². The molecule has 0 aliphatic heterocycles. The van der Waals surface area contributed by atoms with Gasteiger partial charge in [-0.05, 0) is 44.1 Å². The van der Waals surface area contributed by atoms with E-state index < -0.39 is 12.0 Å². The molecule has 0 heterocycles. The average Bonchev–Trinajstić information content (AvgIpc) is 2.86. The van der Waals surface area contributed by atoms with Crippen LogP contribution in [0.15, 0.2) is 30.3 Å². The second-order valence-corrected chi connectivity index (χ2v) is 9.99. The Bertz CT molecular complexity index is 746. The number of carboxylic acid groups (broad SMARTS) is 1. The Morgan fingerprint density at radius 2 is 1.63 bits per heavy atom. The molecule has 0 spiro atoms. The molecule has 0 bridgehead atoms. The van der Waals surface area contributed by atoms with Gasteiger partial charge in [0.05, 0.1) is 0 Å². The monoisotopic (exact) mass is 486 g/mol. The van der Waals surface area contributed by atoms with E-state index in [-0.39, 0.29) is 24.3 Å². The molecule has 1 aromatic rings. The number of carbonyl (C=O) groups is 3. The number of nitrogens with zero attached hydrogens (tertiary/aromatic N) is 1. The molecule has 1 aromatic carbocycles. The van der Waals surface area contributed by atoms with Crippen molar-refractivity contribution in [3.05, 3.63) is 35.9 Å². The van der Waals surface area contributed by atoms with Crippen molar-refractivity contribution in [3.8, 4) is 0 Å². The van der Waals surface area contributed by atoms with E-state index in [2.05, 4.69) is 24.4 Å². The Morgan fingerprint density at radius 1 is 0.943 bits per heavy atom. The number of hydrogen-bond donors (Lipinski definition) is 2. The normalized spacial score (nSPS) is 14.9. The third kappa shape index (κ3) is 11.7. The summed E-state index contributed by atoms with van der Waals surface area (Å²) < 4.78 is 0. The SMILES string of the molecule is CCCCCCC(C(=O)NC1CCCCC1)N(CCc1ccccc1)C(=O)CCCCCC(=O)O. The second kappa shape index (κ2) is 17.1. The number of benzene rings is 1. The van der Waals surface area contributed by atoms with Crippen LogP contribution < -0.4 is 5.32 Å². The molecule has 0 aromatic heterocycles. The second-order valence-electron chi connectivity index (χ2n) is 9.99. The van der Waals surface area contributed by atoms with Crippen LogP contribution in [0.3, 0.4) is 0 Å². The number of aliphatic carboxylic acids is 1. The van der Waals surface area contributed by atoms with E-state index in [1.165, 1.54) is 6.42 Å². The number of rotatable bonds is 17. The summed E-state index contributed by atoms with van der Waals surface area (Å²) in [6.45, 7) is 2.70. The highest BCUT2D eigenvalue weighted by atomic mass is 16.4. The summed E-state index contributed by atoms with van der Waals surface area (Å²) in [5.41, 5.74) is 1.16. The van der Waals surface area contributed by atoms with Crippen molar-refractivity contribution in [3.63, 3.8) is 0 Å². The summed E-state index contributed by atoms with van der Waals surface area (Å²) in [7, 11) is 0. The van der Waals surface area contributed by atoms with E-state index in [1.807, 2.05) is 23.1 Å². The van der Waals surface area contributed by atoms with Crippen molar-refractivity contribution in [1.82, 2.24) is 10.2 Å². The van der Waals surface area contributed by atoms with Crippen LogP contribution in [0.2, 0.25) is 0 Å². The minimum Gasteiger partial charge on any atom is -0.481 e. The van der Waals surface area contributed by atoms with E-state index in [9.17, 15) is 14.4 Å². The molecule has 6 heteroatoms. The fraction of sp³-hybridized carbons (Fsp3) is 0.690. The largest absolute Gasteiger partial charge is 0.481 e. The van der Waals surface area contributed by atoms with Crippen molar-refractivity contribution in [2.75, 3.05) is 6.54 Å². The number of amides is 2. The Labute approximate surface area is 211 Å². The van der Waals surface area contributed by atoms with Gasteiger partial charge in [-0.3, -0.25) is 14.4 Å². The first-order valence-electron chi connectivity index (χ1n) is 13.9. The lowest BCUT2D eigenvalue weighted by molar-refractivity contribution is -0.141. The molecule has 6 nitrogen and oxygen atoms in total. The summed E-state index contributed by atoms with van der Waals surface area (Å²) in [4.78, 5) is 39.5. The van der Waals surface area contributed by atoms with Gasteiger partial charge in [-0.25, -0.2) is 0 Å². The van der Waals surface area contributed by atoms with E-state index >= 15 is 0 Å². The predicted octanol–water partition coefficient (Wildman–Crippen LogP) is 5.88. The van der Waals surface area contributed by atoms with Crippen molar-refractivity contribution in [2.45, 2.75) is 122 Å². The standard InChI is InChI=1S/C29H46N2O4/c1-2-3-4-12-19-26(29(35)30-25-17-10-6-11-18-25)31(23-22-24-15-8-5-9-16-24)27(32)20-13-7-14-21-28(33)34/h5,8-9,15-16,25-26H,2-4,6-7,10-14,17-23H2,1H3,(H,30,35)(H,33,34). The zero-order chi connectivity index (χ0) is 25.3. The molecule has 1 unspecified atom stereocenters. The van der Waals surface area contributed by atoms with E-state index in [1.54, 1.807) is 0 Å². The van der Waals surface area contributed by atoms with Crippen molar-refractivity contribution in [1.29, 1.82) is 0 Å². The summed E-state index contributed by atoms with van der Waals surface area (Å²) >= 11 is 0. The van der Waals surface area contributed by atoms with Crippen LogP contribution in [0, 0.1) is 0 Å². The maximum atomic E-state index is 13.5. The smallest absolute Gasteiger partial charge is 0.303 e. The number of hydrogen-bond acceptors (Lipinski definition) is 3. The summed E-state index contributed by atoms with van der Waals surface area (Å²) in [6, 6.07) is 9.89. The van der Waals surface area contributed by atoms with Gasteiger partial charge in [-0.1, -0.05) is 88.6 Å². The van der Waals surface area contributed by atoms with Gasteiger partial charge in [0.1, 0.15) is 6.04 Å². The molecular formula is C29H46N2O4. The van der Waals surface area contributed by atoms with E-state index in [4.69, 9.17) is 5.11 Å². The lowest BCUT2D eigenvalue weighted by atomic mass is 9.94.